The summed E-state index contributed by atoms with van der Waals surface area (Å²) in [4.78, 5) is 13.2. The maximum Gasteiger partial charge on any atom is 0.260 e. The van der Waals surface area contributed by atoms with Crippen LogP contribution in [-0.4, -0.2) is 41.2 Å². The number of β-amino-alcohol motifs (C(OH)–C–C–N with tert-alkyl or cyclic N) is 1. The topological polar surface area (TPSA) is 49.8 Å². The summed E-state index contributed by atoms with van der Waals surface area (Å²) in [5.74, 6) is -0.723. The van der Waals surface area contributed by atoms with Crippen LogP contribution in [0.4, 0.5) is 4.39 Å². The molecule has 0 saturated carbocycles. The van der Waals surface area contributed by atoms with Crippen molar-refractivity contribution in [3.8, 4) is 5.75 Å². The molecule has 1 aromatic rings. The van der Waals surface area contributed by atoms with Crippen molar-refractivity contribution in [1.82, 2.24) is 4.90 Å². The molecule has 1 N–H and O–H groups in total. The highest BCUT2D eigenvalue weighted by Gasteiger charge is 2.41. The molecule has 2 rings (SSSR count). The molecular weight excluding hydrogens is 317 g/mol. The number of carbonyl (C=O) groups excluding carboxylic acids is 1. The number of rotatable bonds is 4. The smallest absolute Gasteiger partial charge is 0.260 e. The standard InChI is InChI=1S/C13H15BrFNO3/c1-2-13(18)7-16(8-13)12(17)6-19-11-4-3-9(14)5-10(11)15/h3-5,18H,2,6-8H2,1H3. The number of hydrogen-bond acceptors (Lipinski definition) is 3. The number of benzene rings is 1. The van der Waals surface area contributed by atoms with Gasteiger partial charge in [-0.25, -0.2) is 4.39 Å². The maximum atomic E-state index is 13.5. The molecule has 1 saturated heterocycles. The maximum absolute atomic E-state index is 13.5. The van der Waals surface area contributed by atoms with Gasteiger partial charge in [0.2, 0.25) is 0 Å². The zero-order valence-electron chi connectivity index (χ0n) is 10.5. The second-order valence-electron chi connectivity index (χ2n) is 4.69. The van der Waals surface area contributed by atoms with Crippen LogP contribution >= 0.6 is 15.9 Å². The van der Waals surface area contributed by atoms with Crippen molar-refractivity contribution in [2.45, 2.75) is 18.9 Å². The van der Waals surface area contributed by atoms with E-state index in [-0.39, 0.29) is 18.3 Å². The Hall–Kier alpha value is -1.14. The fourth-order valence-electron chi connectivity index (χ4n) is 1.89. The van der Waals surface area contributed by atoms with E-state index in [1.807, 2.05) is 6.92 Å². The minimum Gasteiger partial charge on any atom is -0.481 e. The van der Waals surface area contributed by atoms with Gasteiger partial charge in [-0.1, -0.05) is 22.9 Å². The van der Waals surface area contributed by atoms with Gasteiger partial charge < -0.3 is 14.7 Å². The lowest BCUT2D eigenvalue weighted by molar-refractivity contribution is -0.157. The third kappa shape index (κ3) is 3.25. The summed E-state index contributed by atoms with van der Waals surface area (Å²) in [6.45, 7) is 2.27. The molecule has 0 radical (unpaired) electrons. The Bertz CT molecular complexity index is 489. The second kappa shape index (κ2) is 5.46. The molecule has 1 aliphatic heterocycles. The summed E-state index contributed by atoms with van der Waals surface area (Å²) >= 11 is 3.14. The van der Waals surface area contributed by atoms with E-state index in [1.165, 1.54) is 17.0 Å². The van der Waals surface area contributed by atoms with Crippen molar-refractivity contribution in [2.24, 2.45) is 0 Å². The van der Waals surface area contributed by atoms with Crippen molar-refractivity contribution in [1.29, 1.82) is 0 Å². The van der Waals surface area contributed by atoms with Gasteiger partial charge >= 0.3 is 0 Å². The summed E-state index contributed by atoms with van der Waals surface area (Å²) in [6.07, 6.45) is 0.610. The first-order chi connectivity index (χ1) is 8.93. The second-order valence-corrected chi connectivity index (χ2v) is 5.61. The highest BCUT2D eigenvalue weighted by atomic mass is 79.9. The van der Waals surface area contributed by atoms with Gasteiger partial charge in [0.15, 0.2) is 18.2 Å². The first-order valence-electron chi connectivity index (χ1n) is 6.01. The van der Waals surface area contributed by atoms with Gasteiger partial charge in [0.1, 0.15) is 0 Å². The predicted octanol–water partition coefficient (Wildman–Crippen LogP) is 1.95. The van der Waals surface area contributed by atoms with Crippen LogP contribution < -0.4 is 4.74 Å². The highest BCUT2D eigenvalue weighted by molar-refractivity contribution is 9.10. The van der Waals surface area contributed by atoms with Crippen molar-refractivity contribution >= 4 is 21.8 Å². The van der Waals surface area contributed by atoms with Crippen LogP contribution in [0.5, 0.6) is 5.75 Å². The molecule has 19 heavy (non-hydrogen) atoms. The molecule has 1 fully saturated rings. The van der Waals surface area contributed by atoms with Crippen LogP contribution in [0, 0.1) is 5.82 Å². The lowest BCUT2D eigenvalue weighted by Crippen LogP contribution is -2.63. The number of nitrogens with zero attached hydrogens (tertiary/aromatic N) is 1. The summed E-state index contributed by atoms with van der Waals surface area (Å²) < 4.78 is 19.2. The van der Waals surface area contributed by atoms with Crippen LogP contribution in [0.3, 0.4) is 0 Å². The van der Waals surface area contributed by atoms with Crippen molar-refractivity contribution in [3.63, 3.8) is 0 Å². The molecule has 1 heterocycles. The first kappa shape index (κ1) is 14.3. The van der Waals surface area contributed by atoms with Gasteiger partial charge in [-0.2, -0.15) is 0 Å². The Balaban J connectivity index is 1.85. The van der Waals surface area contributed by atoms with E-state index in [1.54, 1.807) is 6.07 Å². The van der Waals surface area contributed by atoms with Crippen molar-refractivity contribution in [3.05, 3.63) is 28.5 Å². The highest BCUT2D eigenvalue weighted by Crippen LogP contribution is 2.25. The fourth-order valence-corrected chi connectivity index (χ4v) is 2.22. The monoisotopic (exact) mass is 331 g/mol. The average Bonchev–Trinajstić information content (AvgIpc) is 2.33. The minimum absolute atomic E-state index is 0.0443. The van der Waals surface area contributed by atoms with Crippen LogP contribution in [0.2, 0.25) is 0 Å². The molecule has 0 aliphatic carbocycles. The lowest BCUT2D eigenvalue weighted by Gasteiger charge is -2.45. The van der Waals surface area contributed by atoms with Crippen molar-refractivity contribution < 1.29 is 19.0 Å². The van der Waals surface area contributed by atoms with Gasteiger partial charge in [-0.05, 0) is 24.6 Å². The number of carbonyl (C=O) groups is 1. The summed E-state index contributed by atoms with van der Waals surface area (Å²) in [6, 6.07) is 4.38. The average molecular weight is 332 g/mol. The number of hydrogen-bond donors (Lipinski definition) is 1. The molecule has 0 aromatic heterocycles. The van der Waals surface area contributed by atoms with Gasteiger partial charge in [0.25, 0.3) is 5.91 Å². The third-order valence-electron chi connectivity index (χ3n) is 3.23. The zero-order chi connectivity index (χ0) is 14.0. The van der Waals surface area contributed by atoms with Crippen LogP contribution in [0.25, 0.3) is 0 Å². The van der Waals surface area contributed by atoms with E-state index < -0.39 is 11.4 Å². The molecule has 0 bridgehead atoms. The van der Waals surface area contributed by atoms with Crippen LogP contribution in [-0.2, 0) is 4.79 Å². The van der Waals surface area contributed by atoms with Gasteiger partial charge in [0, 0.05) is 4.47 Å². The normalized spacial score (nSPS) is 16.9. The van der Waals surface area contributed by atoms with E-state index in [0.29, 0.717) is 24.0 Å². The fraction of sp³-hybridized carbons (Fsp3) is 0.462. The molecule has 4 nitrogen and oxygen atoms in total. The zero-order valence-corrected chi connectivity index (χ0v) is 12.1. The molecule has 1 amide bonds. The van der Waals surface area contributed by atoms with E-state index in [2.05, 4.69) is 15.9 Å². The lowest BCUT2D eigenvalue weighted by atomic mass is 9.91. The Morgan fingerprint density at radius 1 is 1.58 bits per heavy atom. The quantitative estimate of drug-likeness (QED) is 0.917. The molecule has 104 valence electrons. The van der Waals surface area contributed by atoms with Crippen LogP contribution in [0.15, 0.2) is 22.7 Å². The summed E-state index contributed by atoms with van der Waals surface area (Å²) in [5, 5.41) is 9.80. The Morgan fingerprint density at radius 3 is 2.84 bits per heavy atom. The number of halogens is 2. The van der Waals surface area contributed by atoms with E-state index in [9.17, 15) is 14.3 Å². The Kier molecular flexibility index (Phi) is 4.10. The molecular formula is C13H15BrFNO3. The summed E-state index contributed by atoms with van der Waals surface area (Å²) in [5.41, 5.74) is -0.765. The molecule has 1 aliphatic rings. The largest absolute Gasteiger partial charge is 0.481 e. The van der Waals surface area contributed by atoms with Crippen LogP contribution in [0.1, 0.15) is 13.3 Å². The van der Waals surface area contributed by atoms with E-state index in [4.69, 9.17) is 4.74 Å². The number of amides is 1. The van der Waals surface area contributed by atoms with Crippen molar-refractivity contribution in [2.75, 3.05) is 19.7 Å². The minimum atomic E-state index is -0.765. The Labute approximate surface area is 119 Å². The number of likely N-dealkylation sites (tertiary alicyclic amines) is 1. The molecule has 1 aromatic carbocycles. The van der Waals surface area contributed by atoms with Gasteiger partial charge in [-0.15, -0.1) is 0 Å². The Morgan fingerprint density at radius 2 is 2.26 bits per heavy atom. The number of ether oxygens (including phenoxy) is 1. The molecule has 6 heteroatoms. The van der Waals surface area contributed by atoms with E-state index in [0.717, 1.165) is 0 Å². The summed E-state index contributed by atoms with van der Waals surface area (Å²) in [7, 11) is 0. The van der Waals surface area contributed by atoms with E-state index >= 15 is 0 Å². The van der Waals surface area contributed by atoms with Gasteiger partial charge in [0.05, 0.1) is 18.7 Å². The third-order valence-corrected chi connectivity index (χ3v) is 3.72. The predicted molar refractivity (Wildman–Crippen MR) is 71.4 cm³/mol. The SMILES string of the molecule is CCC1(O)CN(C(=O)COc2ccc(Br)cc2F)C1. The molecule has 0 atom stereocenters. The van der Waals surface area contributed by atoms with Gasteiger partial charge in [-0.3, -0.25) is 4.79 Å². The molecule has 0 spiro atoms. The molecule has 0 unspecified atom stereocenters. The number of aliphatic hydroxyl groups is 1. The first-order valence-corrected chi connectivity index (χ1v) is 6.81.